The SMILES string of the molecule is NC(=O)C(CCc1ccccc1)N(Cc1ccc(OCc2ccccc2)cc1)C(=O)CCc1cnc[nH]1. The number of H-pyrrole nitrogens is 1. The van der Waals surface area contributed by atoms with Gasteiger partial charge in [0.1, 0.15) is 18.4 Å². The molecule has 0 aliphatic carbocycles. The molecule has 0 bridgehead atoms. The highest BCUT2D eigenvalue weighted by Gasteiger charge is 2.28. The summed E-state index contributed by atoms with van der Waals surface area (Å²) in [5, 5.41) is 0. The first-order chi connectivity index (χ1) is 18.1. The minimum Gasteiger partial charge on any atom is -0.489 e. The number of nitrogens with zero attached hydrogens (tertiary/aromatic N) is 2. The van der Waals surface area contributed by atoms with Crippen molar-refractivity contribution in [1.82, 2.24) is 14.9 Å². The van der Waals surface area contributed by atoms with Gasteiger partial charge in [0.25, 0.3) is 0 Å². The average molecular weight is 497 g/mol. The minimum atomic E-state index is -0.719. The quantitative estimate of drug-likeness (QED) is 0.286. The van der Waals surface area contributed by atoms with Crippen LogP contribution in [0.4, 0.5) is 0 Å². The van der Waals surface area contributed by atoms with Gasteiger partial charge in [-0.15, -0.1) is 0 Å². The molecule has 0 aliphatic heterocycles. The van der Waals surface area contributed by atoms with E-state index in [2.05, 4.69) is 9.97 Å². The summed E-state index contributed by atoms with van der Waals surface area (Å²) in [6, 6.07) is 26.7. The van der Waals surface area contributed by atoms with Crippen molar-refractivity contribution in [3.05, 3.63) is 120 Å². The Hall–Kier alpha value is -4.39. The number of primary amides is 1. The Kier molecular flexibility index (Phi) is 9.07. The molecule has 1 heterocycles. The van der Waals surface area contributed by atoms with Gasteiger partial charge in [0, 0.05) is 24.9 Å². The van der Waals surface area contributed by atoms with Crippen LogP contribution in [0.2, 0.25) is 0 Å². The molecule has 7 nitrogen and oxygen atoms in total. The number of hydrogen-bond donors (Lipinski definition) is 2. The number of ether oxygens (including phenoxy) is 1. The molecule has 3 aromatic carbocycles. The summed E-state index contributed by atoms with van der Waals surface area (Å²) in [4.78, 5) is 34.6. The van der Waals surface area contributed by atoms with E-state index < -0.39 is 11.9 Å². The molecule has 7 heteroatoms. The van der Waals surface area contributed by atoms with E-state index in [4.69, 9.17) is 10.5 Å². The Labute approximate surface area is 217 Å². The maximum absolute atomic E-state index is 13.4. The summed E-state index contributed by atoms with van der Waals surface area (Å²) in [7, 11) is 0. The summed E-state index contributed by atoms with van der Waals surface area (Å²) >= 11 is 0. The van der Waals surface area contributed by atoms with E-state index in [9.17, 15) is 9.59 Å². The maximum Gasteiger partial charge on any atom is 0.240 e. The summed E-state index contributed by atoms with van der Waals surface area (Å²) in [5.74, 6) is 0.102. The standard InChI is InChI=1S/C30H32N4O3/c31-30(36)28(17-13-23-7-3-1-4-8-23)34(29(35)18-14-26-19-32-22-33-26)20-24-11-15-27(16-12-24)37-21-25-9-5-2-6-10-25/h1-12,15-16,19,22,28H,13-14,17-18,20-21H2,(H2,31,36)(H,32,33). The van der Waals surface area contributed by atoms with Crippen LogP contribution < -0.4 is 10.5 Å². The molecule has 37 heavy (non-hydrogen) atoms. The molecule has 0 radical (unpaired) electrons. The van der Waals surface area contributed by atoms with Crippen LogP contribution in [0.5, 0.6) is 5.75 Å². The van der Waals surface area contributed by atoms with Gasteiger partial charge in [0.2, 0.25) is 11.8 Å². The number of carbonyl (C=O) groups is 2. The molecule has 3 N–H and O–H groups in total. The molecular formula is C30H32N4O3. The number of nitrogens with one attached hydrogen (secondary N) is 1. The highest BCUT2D eigenvalue weighted by Crippen LogP contribution is 2.19. The number of benzene rings is 3. The van der Waals surface area contributed by atoms with Crippen LogP contribution in [0.1, 0.15) is 35.2 Å². The summed E-state index contributed by atoms with van der Waals surface area (Å²) in [5.41, 5.74) is 9.78. The Balaban J connectivity index is 1.46. The zero-order valence-electron chi connectivity index (χ0n) is 20.8. The van der Waals surface area contributed by atoms with Crippen molar-refractivity contribution < 1.29 is 14.3 Å². The van der Waals surface area contributed by atoms with Gasteiger partial charge in [0.15, 0.2) is 0 Å². The predicted octanol–water partition coefficient (Wildman–Crippen LogP) is 4.44. The Morgan fingerprint density at radius 1 is 0.865 bits per heavy atom. The largest absolute Gasteiger partial charge is 0.489 e. The lowest BCUT2D eigenvalue weighted by Gasteiger charge is -2.30. The third-order valence-electron chi connectivity index (χ3n) is 6.26. The van der Waals surface area contributed by atoms with Crippen LogP contribution in [-0.2, 0) is 35.6 Å². The predicted molar refractivity (Wildman–Crippen MR) is 142 cm³/mol. The van der Waals surface area contributed by atoms with Gasteiger partial charge in [-0.3, -0.25) is 9.59 Å². The van der Waals surface area contributed by atoms with Gasteiger partial charge >= 0.3 is 0 Å². The van der Waals surface area contributed by atoms with Crippen LogP contribution in [0.15, 0.2) is 97.5 Å². The van der Waals surface area contributed by atoms with E-state index in [1.807, 2.05) is 84.9 Å². The number of aryl methyl sites for hydroxylation is 2. The monoisotopic (exact) mass is 496 g/mol. The van der Waals surface area contributed by atoms with Crippen LogP contribution in [0, 0.1) is 0 Å². The Morgan fingerprint density at radius 3 is 2.16 bits per heavy atom. The number of aromatic nitrogens is 2. The second kappa shape index (κ2) is 13.1. The van der Waals surface area contributed by atoms with Crippen molar-refractivity contribution in [3.8, 4) is 5.75 Å². The van der Waals surface area contributed by atoms with Crippen LogP contribution in [0.3, 0.4) is 0 Å². The first-order valence-corrected chi connectivity index (χ1v) is 12.4. The Morgan fingerprint density at radius 2 is 1.54 bits per heavy atom. The van der Waals surface area contributed by atoms with Crippen molar-refractivity contribution in [2.24, 2.45) is 5.73 Å². The first kappa shape index (κ1) is 25.7. The highest BCUT2D eigenvalue weighted by atomic mass is 16.5. The fourth-order valence-corrected chi connectivity index (χ4v) is 4.21. The summed E-state index contributed by atoms with van der Waals surface area (Å²) < 4.78 is 5.89. The van der Waals surface area contributed by atoms with Gasteiger partial charge in [-0.1, -0.05) is 72.8 Å². The van der Waals surface area contributed by atoms with E-state index in [1.165, 1.54) is 0 Å². The van der Waals surface area contributed by atoms with Crippen molar-refractivity contribution in [2.75, 3.05) is 0 Å². The summed E-state index contributed by atoms with van der Waals surface area (Å²) in [6.07, 6.45) is 5.14. The van der Waals surface area contributed by atoms with Gasteiger partial charge < -0.3 is 20.4 Å². The van der Waals surface area contributed by atoms with Crippen LogP contribution in [-0.4, -0.2) is 32.7 Å². The lowest BCUT2D eigenvalue weighted by atomic mass is 10.0. The molecule has 1 aromatic heterocycles. The van der Waals surface area contributed by atoms with E-state index in [0.29, 0.717) is 25.9 Å². The van der Waals surface area contributed by atoms with Crippen molar-refractivity contribution in [3.63, 3.8) is 0 Å². The van der Waals surface area contributed by atoms with Crippen LogP contribution in [0.25, 0.3) is 0 Å². The molecular weight excluding hydrogens is 464 g/mol. The van der Waals surface area contributed by atoms with Crippen molar-refractivity contribution >= 4 is 11.8 Å². The van der Waals surface area contributed by atoms with E-state index in [-0.39, 0.29) is 18.9 Å². The number of nitrogens with two attached hydrogens (primary N) is 1. The molecule has 4 rings (SSSR count). The second-order valence-corrected chi connectivity index (χ2v) is 8.96. The molecule has 0 fully saturated rings. The minimum absolute atomic E-state index is 0.129. The molecule has 0 spiro atoms. The highest BCUT2D eigenvalue weighted by molar-refractivity contribution is 5.86. The number of aromatic amines is 1. The molecule has 1 unspecified atom stereocenters. The van der Waals surface area contributed by atoms with Gasteiger partial charge in [-0.05, 0) is 48.1 Å². The number of amides is 2. The van der Waals surface area contributed by atoms with Gasteiger partial charge in [-0.2, -0.15) is 0 Å². The van der Waals surface area contributed by atoms with E-state index >= 15 is 0 Å². The fraction of sp³-hybridized carbons (Fsp3) is 0.233. The number of carbonyl (C=O) groups excluding carboxylic acids is 2. The first-order valence-electron chi connectivity index (χ1n) is 12.4. The van der Waals surface area contributed by atoms with E-state index in [0.717, 1.165) is 28.1 Å². The zero-order valence-corrected chi connectivity index (χ0v) is 20.8. The van der Waals surface area contributed by atoms with Crippen molar-refractivity contribution in [2.45, 2.75) is 44.9 Å². The van der Waals surface area contributed by atoms with Gasteiger partial charge in [0.05, 0.1) is 6.33 Å². The number of imidazole rings is 1. The molecule has 2 amide bonds. The molecule has 190 valence electrons. The van der Waals surface area contributed by atoms with Gasteiger partial charge in [-0.25, -0.2) is 4.98 Å². The molecule has 4 aromatic rings. The molecule has 0 saturated carbocycles. The topological polar surface area (TPSA) is 101 Å². The molecule has 0 saturated heterocycles. The molecule has 0 aliphatic rings. The fourth-order valence-electron chi connectivity index (χ4n) is 4.21. The van der Waals surface area contributed by atoms with Crippen LogP contribution >= 0.6 is 0 Å². The average Bonchev–Trinajstić information content (AvgIpc) is 3.45. The molecule has 1 atom stereocenters. The number of hydrogen-bond acceptors (Lipinski definition) is 4. The second-order valence-electron chi connectivity index (χ2n) is 8.96. The maximum atomic E-state index is 13.4. The number of rotatable bonds is 13. The Bertz CT molecular complexity index is 1240. The third-order valence-corrected chi connectivity index (χ3v) is 6.26. The van der Waals surface area contributed by atoms with Crippen molar-refractivity contribution in [1.29, 1.82) is 0 Å². The zero-order chi connectivity index (χ0) is 25.9. The third kappa shape index (κ3) is 7.80. The summed E-state index contributed by atoms with van der Waals surface area (Å²) in [6.45, 7) is 0.755. The lowest BCUT2D eigenvalue weighted by molar-refractivity contribution is -0.140. The smallest absolute Gasteiger partial charge is 0.240 e. The van der Waals surface area contributed by atoms with E-state index in [1.54, 1.807) is 17.4 Å². The lowest BCUT2D eigenvalue weighted by Crippen LogP contribution is -2.47. The normalized spacial score (nSPS) is 11.6.